The number of nitrogens with zero attached hydrogens (tertiary/aromatic N) is 1. The van der Waals surface area contributed by atoms with Crippen molar-refractivity contribution in [2.75, 3.05) is 0 Å². The topological polar surface area (TPSA) is 20.9 Å². The maximum Gasteiger partial charge on any atom is 0.206 e. The Hall–Kier alpha value is -0.856. The number of hydrogen-bond acceptors (Lipinski definition) is 1. The molecular weight excluding hydrogens is 335 g/mol. The smallest absolute Gasteiger partial charge is 0.206 e. The van der Waals surface area contributed by atoms with Gasteiger partial charge in [0, 0.05) is 51.3 Å². The molecule has 0 unspecified atom stereocenters. The minimum absolute atomic E-state index is 0. The zero-order chi connectivity index (χ0) is 14.5. The minimum atomic E-state index is 0. The second-order valence-corrected chi connectivity index (χ2v) is 5.32. The van der Waals surface area contributed by atoms with Crippen LogP contribution < -0.4 is 4.57 Å². The van der Waals surface area contributed by atoms with Gasteiger partial charge in [0.15, 0.2) is 12.4 Å². The molecule has 1 aromatic carbocycles. The van der Waals surface area contributed by atoms with Crippen LogP contribution in [0.15, 0.2) is 42.7 Å². The number of carbonyl (C=O) groups is 1. The summed E-state index contributed by atoms with van der Waals surface area (Å²) in [7, 11) is 0. The van der Waals surface area contributed by atoms with Gasteiger partial charge in [0.2, 0.25) is 12.3 Å². The SMILES string of the molecule is CCc1cc[n+](CC(=O)Cc2c(C)cccc2C)cc1.[Y]. The first-order valence-electron chi connectivity index (χ1n) is 7.15. The number of carbonyl (C=O) groups excluding carboxylic acids is 1. The first-order valence-corrected chi connectivity index (χ1v) is 7.15. The molecule has 0 spiro atoms. The Labute approximate surface area is 152 Å². The van der Waals surface area contributed by atoms with E-state index in [1.807, 2.05) is 23.0 Å². The van der Waals surface area contributed by atoms with E-state index in [1.165, 1.54) is 22.3 Å². The maximum atomic E-state index is 12.2. The molecule has 107 valence electrons. The van der Waals surface area contributed by atoms with Crippen molar-refractivity contribution >= 4 is 5.78 Å². The Morgan fingerprint density at radius 2 is 1.62 bits per heavy atom. The molecule has 1 heterocycles. The molecule has 0 amide bonds. The number of benzene rings is 1. The second-order valence-electron chi connectivity index (χ2n) is 5.32. The quantitative estimate of drug-likeness (QED) is 0.754. The van der Waals surface area contributed by atoms with Gasteiger partial charge in [-0.2, -0.15) is 4.57 Å². The average Bonchev–Trinajstić information content (AvgIpc) is 2.44. The molecule has 1 aromatic heterocycles. The molecule has 1 radical (unpaired) electrons. The Morgan fingerprint density at radius 3 is 2.14 bits per heavy atom. The molecule has 0 saturated heterocycles. The number of rotatable bonds is 5. The molecule has 0 atom stereocenters. The van der Waals surface area contributed by atoms with E-state index in [0.29, 0.717) is 13.0 Å². The number of aryl methyl sites for hydroxylation is 3. The molecule has 3 heteroatoms. The Balaban J connectivity index is 0.00000220. The summed E-state index contributed by atoms with van der Waals surface area (Å²) in [6.45, 7) is 6.71. The second kappa shape index (κ2) is 8.55. The van der Waals surface area contributed by atoms with E-state index in [4.69, 9.17) is 0 Å². The van der Waals surface area contributed by atoms with E-state index < -0.39 is 0 Å². The van der Waals surface area contributed by atoms with Crippen LogP contribution in [-0.4, -0.2) is 5.78 Å². The van der Waals surface area contributed by atoms with Gasteiger partial charge in [0.05, 0.1) is 0 Å². The fourth-order valence-electron chi connectivity index (χ4n) is 2.41. The first kappa shape index (κ1) is 18.2. The zero-order valence-corrected chi connectivity index (χ0v) is 15.9. The third-order valence-electron chi connectivity index (χ3n) is 3.75. The van der Waals surface area contributed by atoms with Crippen LogP contribution >= 0.6 is 0 Å². The molecular formula is C18H22NOY+. The van der Waals surface area contributed by atoms with Crippen molar-refractivity contribution in [2.24, 2.45) is 0 Å². The van der Waals surface area contributed by atoms with Gasteiger partial charge in [-0.25, -0.2) is 0 Å². The summed E-state index contributed by atoms with van der Waals surface area (Å²) in [6, 6.07) is 10.3. The molecule has 0 bridgehead atoms. The summed E-state index contributed by atoms with van der Waals surface area (Å²) < 4.78 is 1.95. The van der Waals surface area contributed by atoms with Gasteiger partial charge < -0.3 is 0 Å². The fraction of sp³-hybridized carbons (Fsp3) is 0.333. The van der Waals surface area contributed by atoms with Gasteiger partial charge in [-0.1, -0.05) is 25.1 Å². The summed E-state index contributed by atoms with van der Waals surface area (Å²) in [5.41, 5.74) is 4.86. The summed E-state index contributed by atoms with van der Waals surface area (Å²) in [5, 5.41) is 0. The molecule has 21 heavy (non-hydrogen) atoms. The van der Waals surface area contributed by atoms with E-state index in [0.717, 1.165) is 6.42 Å². The number of Topliss-reactive ketones (excluding diaryl/α,β-unsaturated/α-hetero) is 1. The molecule has 2 nitrogen and oxygen atoms in total. The largest absolute Gasteiger partial charge is 0.292 e. The van der Waals surface area contributed by atoms with Crippen LogP contribution in [0.4, 0.5) is 0 Å². The van der Waals surface area contributed by atoms with E-state index in [-0.39, 0.29) is 38.5 Å². The van der Waals surface area contributed by atoms with Crippen LogP contribution in [0.2, 0.25) is 0 Å². The molecule has 0 aliphatic heterocycles. The van der Waals surface area contributed by atoms with Gasteiger partial charge in [0.1, 0.15) is 0 Å². The fourth-order valence-corrected chi connectivity index (χ4v) is 2.41. The predicted octanol–water partition coefficient (Wildman–Crippen LogP) is 2.96. The first-order chi connectivity index (χ1) is 9.60. The van der Waals surface area contributed by atoms with Crippen molar-refractivity contribution in [3.8, 4) is 0 Å². The molecule has 0 aliphatic carbocycles. The number of ketones is 1. The molecule has 2 rings (SSSR count). The van der Waals surface area contributed by atoms with E-state index in [2.05, 4.69) is 45.0 Å². The van der Waals surface area contributed by atoms with Crippen molar-refractivity contribution < 1.29 is 42.1 Å². The van der Waals surface area contributed by atoms with Gasteiger partial charge in [-0.15, -0.1) is 0 Å². The summed E-state index contributed by atoms with van der Waals surface area (Å²) in [4.78, 5) is 12.2. The Bertz CT molecular complexity index is 585. The van der Waals surface area contributed by atoms with Crippen molar-refractivity contribution in [2.45, 2.75) is 40.2 Å². The molecule has 2 aromatic rings. The van der Waals surface area contributed by atoms with Gasteiger partial charge in [-0.3, -0.25) is 4.79 Å². The minimum Gasteiger partial charge on any atom is -0.292 e. The van der Waals surface area contributed by atoms with E-state index in [9.17, 15) is 4.79 Å². The van der Waals surface area contributed by atoms with Gasteiger partial charge >= 0.3 is 0 Å². The number of aromatic nitrogens is 1. The van der Waals surface area contributed by atoms with Crippen LogP contribution in [0, 0.1) is 13.8 Å². The zero-order valence-electron chi connectivity index (χ0n) is 13.1. The van der Waals surface area contributed by atoms with Crippen molar-refractivity contribution in [1.29, 1.82) is 0 Å². The Morgan fingerprint density at radius 1 is 1.05 bits per heavy atom. The Kier molecular flexibility index (Phi) is 7.41. The summed E-state index contributed by atoms with van der Waals surface area (Å²) >= 11 is 0. The molecule has 0 N–H and O–H groups in total. The maximum absolute atomic E-state index is 12.2. The van der Waals surface area contributed by atoms with Crippen molar-refractivity contribution in [3.05, 3.63) is 65.0 Å². The van der Waals surface area contributed by atoms with Gasteiger partial charge in [-0.05, 0) is 42.5 Å². The van der Waals surface area contributed by atoms with Gasteiger partial charge in [0.25, 0.3) is 0 Å². The molecule has 0 saturated carbocycles. The third kappa shape index (κ3) is 5.12. The van der Waals surface area contributed by atoms with E-state index in [1.54, 1.807) is 0 Å². The third-order valence-corrected chi connectivity index (χ3v) is 3.75. The van der Waals surface area contributed by atoms with E-state index >= 15 is 0 Å². The molecule has 0 aliphatic rings. The van der Waals surface area contributed by atoms with Crippen molar-refractivity contribution in [3.63, 3.8) is 0 Å². The summed E-state index contributed by atoms with van der Waals surface area (Å²) in [6.07, 6.45) is 5.51. The van der Waals surface area contributed by atoms with Crippen molar-refractivity contribution in [1.82, 2.24) is 0 Å². The molecule has 0 fully saturated rings. The average molecular weight is 357 g/mol. The standard InChI is InChI=1S/C18H22NO.Y/c1-4-16-8-10-19(11-9-16)13-17(20)12-18-14(2)6-5-7-15(18)3;/h5-11H,4,12-13H2,1-3H3;/q+1;. The summed E-state index contributed by atoms with van der Waals surface area (Å²) in [5.74, 6) is 0.247. The normalized spacial score (nSPS) is 10.0. The van der Waals surface area contributed by atoms with Crippen LogP contribution in [0.25, 0.3) is 0 Å². The number of hydrogen-bond donors (Lipinski definition) is 0. The van der Waals surface area contributed by atoms with Crippen LogP contribution in [0.3, 0.4) is 0 Å². The number of pyridine rings is 1. The van der Waals surface area contributed by atoms with Crippen LogP contribution in [0.5, 0.6) is 0 Å². The van der Waals surface area contributed by atoms with Crippen LogP contribution in [-0.2, 0) is 56.9 Å². The monoisotopic (exact) mass is 357 g/mol. The van der Waals surface area contributed by atoms with Crippen LogP contribution in [0.1, 0.15) is 29.2 Å². The predicted molar refractivity (Wildman–Crippen MR) is 80.6 cm³/mol.